The summed E-state index contributed by atoms with van der Waals surface area (Å²) in [5.41, 5.74) is 7.62. The van der Waals surface area contributed by atoms with Crippen molar-refractivity contribution in [1.82, 2.24) is 4.90 Å². The highest BCUT2D eigenvalue weighted by molar-refractivity contribution is 6.02. The Morgan fingerprint density at radius 1 is 0.810 bits per heavy atom. The predicted molar refractivity (Wildman–Crippen MR) is 240 cm³/mol. The van der Waals surface area contributed by atoms with E-state index < -0.39 is 11.9 Å². The molecule has 312 valence electrons. The number of para-hydroxylation sites is 1. The number of nitrogens with zero attached hydrogens (tertiary/aromatic N) is 4. The van der Waals surface area contributed by atoms with Crippen molar-refractivity contribution in [2.24, 2.45) is 10.4 Å². The zero-order valence-corrected chi connectivity index (χ0v) is 36.7. The second-order valence-electron chi connectivity index (χ2n) is 17.6. The molecule has 0 amide bonds. The molecule has 0 saturated carbocycles. The van der Waals surface area contributed by atoms with Gasteiger partial charge in [0.05, 0.1) is 37.2 Å². The summed E-state index contributed by atoms with van der Waals surface area (Å²) in [5, 5.41) is 2.38. The highest BCUT2D eigenvalue weighted by Crippen LogP contribution is 2.52. The molecule has 58 heavy (non-hydrogen) atoms. The van der Waals surface area contributed by atoms with Gasteiger partial charge in [0.1, 0.15) is 13.2 Å². The third kappa shape index (κ3) is 10.7. The Morgan fingerprint density at radius 2 is 1.45 bits per heavy atom. The van der Waals surface area contributed by atoms with Crippen molar-refractivity contribution >= 4 is 46.0 Å². The molecule has 9 nitrogen and oxygen atoms in total. The summed E-state index contributed by atoms with van der Waals surface area (Å²) in [7, 11) is 4.03. The fourth-order valence-corrected chi connectivity index (χ4v) is 7.87. The first kappa shape index (κ1) is 44.4. The van der Waals surface area contributed by atoms with Gasteiger partial charge in [0, 0.05) is 42.7 Å². The Balaban J connectivity index is 1.25. The third-order valence-corrected chi connectivity index (χ3v) is 11.5. The van der Waals surface area contributed by atoms with E-state index in [0.29, 0.717) is 19.8 Å². The highest BCUT2D eigenvalue weighted by atomic mass is 16.6. The van der Waals surface area contributed by atoms with Crippen LogP contribution in [0.3, 0.4) is 0 Å². The Kier molecular flexibility index (Phi) is 14.8. The Hall–Kier alpha value is -4.73. The molecule has 4 aromatic carbocycles. The molecule has 1 aliphatic heterocycles. The van der Waals surface area contributed by atoms with Crippen LogP contribution in [0.5, 0.6) is 0 Å². The third-order valence-electron chi connectivity index (χ3n) is 11.5. The lowest BCUT2D eigenvalue weighted by Crippen LogP contribution is -2.56. The van der Waals surface area contributed by atoms with Crippen molar-refractivity contribution in [2.45, 2.75) is 85.6 Å². The number of anilines is 2. The van der Waals surface area contributed by atoms with Gasteiger partial charge >= 0.3 is 11.9 Å². The summed E-state index contributed by atoms with van der Waals surface area (Å²) in [6.07, 6.45) is 3.09. The van der Waals surface area contributed by atoms with E-state index in [4.69, 9.17) is 19.2 Å². The quantitative estimate of drug-likeness (QED) is 0.0528. The first-order chi connectivity index (χ1) is 27.6. The summed E-state index contributed by atoms with van der Waals surface area (Å²) in [4.78, 5) is 36.7. The number of likely N-dealkylation sites (N-methyl/N-ethyl adjacent to an activating group) is 1. The van der Waals surface area contributed by atoms with E-state index in [2.05, 4.69) is 155 Å². The van der Waals surface area contributed by atoms with Crippen LogP contribution in [0.2, 0.25) is 0 Å². The average Bonchev–Trinajstić information content (AvgIpc) is 3.35. The SMILES string of the molecule is CCN(CCOC(=O)CCC(=O)OCCOCCCN(C)C)c1ccc(-c2cc(N=CC3(C)N(CC(C)(C)C)c4ccccc4C3(C)C)c(C)c3ccccc23)cc1. The Bertz CT molecular complexity index is 2030. The molecule has 0 radical (unpaired) electrons. The lowest BCUT2D eigenvalue weighted by Gasteiger charge is -2.45. The van der Waals surface area contributed by atoms with Crippen LogP contribution in [0.1, 0.15) is 78.9 Å². The second kappa shape index (κ2) is 19.3. The van der Waals surface area contributed by atoms with Crippen LogP contribution >= 0.6 is 0 Å². The smallest absolute Gasteiger partial charge is 0.306 e. The van der Waals surface area contributed by atoms with Crippen LogP contribution in [-0.2, 0) is 29.2 Å². The molecular weight excluding hydrogens is 725 g/mol. The molecule has 1 unspecified atom stereocenters. The number of rotatable bonds is 19. The van der Waals surface area contributed by atoms with Crippen LogP contribution in [0, 0.1) is 12.3 Å². The number of hydrogen-bond acceptors (Lipinski definition) is 9. The van der Waals surface area contributed by atoms with Gasteiger partial charge in [-0.25, -0.2) is 0 Å². The number of ether oxygens (including phenoxy) is 3. The van der Waals surface area contributed by atoms with E-state index in [1.54, 1.807) is 0 Å². The van der Waals surface area contributed by atoms with Crippen molar-refractivity contribution in [1.29, 1.82) is 0 Å². The van der Waals surface area contributed by atoms with Gasteiger partial charge in [0.2, 0.25) is 0 Å². The molecule has 9 heteroatoms. The van der Waals surface area contributed by atoms with E-state index in [9.17, 15) is 9.59 Å². The zero-order chi connectivity index (χ0) is 42.1. The number of aryl methyl sites for hydroxylation is 1. The first-order valence-corrected chi connectivity index (χ1v) is 20.9. The number of carbonyl (C=O) groups is 2. The Labute approximate surface area is 347 Å². The maximum atomic E-state index is 12.4. The molecule has 0 aliphatic carbocycles. The largest absolute Gasteiger partial charge is 0.464 e. The van der Waals surface area contributed by atoms with Gasteiger partial charge in [-0.3, -0.25) is 14.6 Å². The summed E-state index contributed by atoms with van der Waals surface area (Å²) in [5.74, 6) is -0.838. The van der Waals surface area contributed by atoms with E-state index >= 15 is 0 Å². The van der Waals surface area contributed by atoms with Gasteiger partial charge in [-0.05, 0) is 111 Å². The molecule has 5 rings (SSSR count). The van der Waals surface area contributed by atoms with Crippen LogP contribution in [-0.4, -0.2) is 95.3 Å². The minimum absolute atomic E-state index is 0.0135. The number of aliphatic imine (C=N–C) groups is 1. The Morgan fingerprint density at radius 3 is 2.10 bits per heavy atom. The van der Waals surface area contributed by atoms with Gasteiger partial charge in [0.15, 0.2) is 0 Å². The molecule has 0 bridgehead atoms. The van der Waals surface area contributed by atoms with Gasteiger partial charge in [-0.15, -0.1) is 0 Å². The van der Waals surface area contributed by atoms with Gasteiger partial charge in [-0.2, -0.15) is 0 Å². The van der Waals surface area contributed by atoms with E-state index in [-0.39, 0.29) is 42.4 Å². The van der Waals surface area contributed by atoms with Crippen LogP contribution in [0.4, 0.5) is 17.1 Å². The van der Waals surface area contributed by atoms with Gasteiger partial charge < -0.3 is 28.9 Å². The summed E-state index contributed by atoms with van der Waals surface area (Å²) in [6, 6.07) is 28.2. The number of esters is 2. The number of benzene rings is 4. The van der Waals surface area contributed by atoms with Crippen molar-refractivity contribution < 1.29 is 23.8 Å². The van der Waals surface area contributed by atoms with Gasteiger partial charge in [-0.1, -0.05) is 89.2 Å². The maximum Gasteiger partial charge on any atom is 0.306 e. The fraction of sp³-hybridized carbons (Fsp3) is 0.490. The maximum absolute atomic E-state index is 12.4. The van der Waals surface area contributed by atoms with E-state index in [1.807, 2.05) is 14.1 Å². The summed E-state index contributed by atoms with van der Waals surface area (Å²) < 4.78 is 16.2. The summed E-state index contributed by atoms with van der Waals surface area (Å²) in [6.45, 7) is 22.7. The molecule has 1 heterocycles. The van der Waals surface area contributed by atoms with Gasteiger partial charge in [0.25, 0.3) is 0 Å². The topological polar surface area (TPSA) is 83.9 Å². The molecule has 0 saturated heterocycles. The lowest BCUT2D eigenvalue weighted by atomic mass is 9.71. The second-order valence-corrected chi connectivity index (χ2v) is 17.6. The molecule has 0 N–H and O–H groups in total. The predicted octanol–water partition coefficient (Wildman–Crippen LogP) is 9.78. The molecule has 1 atom stereocenters. The number of fused-ring (bicyclic) bond motifs is 2. The molecule has 1 aliphatic rings. The molecule has 4 aromatic rings. The number of hydrogen-bond donors (Lipinski definition) is 0. The van der Waals surface area contributed by atoms with Crippen LogP contribution in [0.25, 0.3) is 21.9 Å². The molecule has 0 spiro atoms. The monoisotopic (exact) mass is 791 g/mol. The molecular formula is C49H66N4O5. The van der Waals surface area contributed by atoms with Crippen LogP contribution < -0.4 is 9.80 Å². The minimum Gasteiger partial charge on any atom is -0.464 e. The highest BCUT2D eigenvalue weighted by Gasteiger charge is 2.53. The molecule has 0 aromatic heterocycles. The van der Waals surface area contributed by atoms with Crippen LogP contribution in [0.15, 0.2) is 83.9 Å². The normalized spacial score (nSPS) is 16.3. The zero-order valence-electron chi connectivity index (χ0n) is 36.7. The van der Waals surface area contributed by atoms with Crippen molar-refractivity contribution in [3.63, 3.8) is 0 Å². The van der Waals surface area contributed by atoms with E-state index in [0.717, 1.165) is 54.1 Å². The van der Waals surface area contributed by atoms with Crippen molar-refractivity contribution in [2.75, 3.05) is 76.5 Å². The standard InChI is InChI=1S/C49H66N4O5/c1-11-52(28-30-57-45(54)25-26-46(55)58-32-31-56-29-16-27-51(9)10)38-23-21-37(22-24-38)41-33-43(36(2)39-17-12-13-18-40(39)41)50-34-49(8)48(6,7)42-19-14-15-20-44(42)53(49)35-47(3,4)5/h12-15,17-24,33-34H,11,16,25-32,35H2,1-10H3. The average molecular weight is 791 g/mol. The minimum atomic E-state index is -0.426. The molecule has 0 fully saturated rings. The van der Waals surface area contributed by atoms with Crippen molar-refractivity contribution in [3.05, 3.63) is 90.0 Å². The first-order valence-electron chi connectivity index (χ1n) is 20.9. The number of carbonyl (C=O) groups excluding carboxylic acids is 2. The summed E-state index contributed by atoms with van der Waals surface area (Å²) >= 11 is 0. The van der Waals surface area contributed by atoms with E-state index in [1.165, 1.54) is 22.0 Å². The lowest BCUT2D eigenvalue weighted by molar-refractivity contribution is -0.151. The fourth-order valence-electron chi connectivity index (χ4n) is 7.87. The van der Waals surface area contributed by atoms with Crippen molar-refractivity contribution in [3.8, 4) is 11.1 Å².